The second-order valence-electron chi connectivity index (χ2n) is 6.39. The summed E-state index contributed by atoms with van der Waals surface area (Å²) in [7, 11) is 1.61. The van der Waals surface area contributed by atoms with E-state index in [0.717, 1.165) is 26.2 Å². The largest absolute Gasteiger partial charge is 0.378 e. The molecule has 0 aromatic heterocycles. The number of carbonyl (C=O) groups excluding carboxylic acids is 3. The number of piperazine rings is 1. The van der Waals surface area contributed by atoms with Gasteiger partial charge in [-0.1, -0.05) is 0 Å². The molecule has 0 radical (unpaired) electrons. The van der Waals surface area contributed by atoms with Gasteiger partial charge < -0.3 is 14.5 Å². The Balaban J connectivity index is 1.43. The summed E-state index contributed by atoms with van der Waals surface area (Å²) in [6.07, 6.45) is 0.889. The molecule has 3 saturated heterocycles. The van der Waals surface area contributed by atoms with Crippen LogP contribution < -0.4 is 0 Å². The lowest BCUT2D eigenvalue weighted by atomic mass is 10.1. The van der Waals surface area contributed by atoms with Gasteiger partial charge in [0.15, 0.2) is 0 Å². The lowest BCUT2D eigenvalue weighted by Gasteiger charge is -2.43. The van der Waals surface area contributed by atoms with Gasteiger partial charge in [-0.2, -0.15) is 0 Å². The fourth-order valence-corrected chi connectivity index (χ4v) is 3.41. The zero-order valence-electron chi connectivity index (χ0n) is 13.6. The number of rotatable bonds is 4. The Morgan fingerprint density at radius 2 is 2.09 bits per heavy atom. The molecule has 0 aliphatic carbocycles. The van der Waals surface area contributed by atoms with E-state index >= 15 is 0 Å². The maximum absolute atomic E-state index is 12.3. The van der Waals surface area contributed by atoms with Gasteiger partial charge in [-0.3, -0.25) is 19.4 Å². The van der Waals surface area contributed by atoms with Crippen LogP contribution in [0.5, 0.6) is 0 Å². The van der Waals surface area contributed by atoms with E-state index in [0.29, 0.717) is 38.6 Å². The van der Waals surface area contributed by atoms with Crippen LogP contribution in [0.4, 0.5) is 4.79 Å². The molecule has 23 heavy (non-hydrogen) atoms. The molecule has 0 aromatic carbocycles. The van der Waals surface area contributed by atoms with E-state index in [9.17, 15) is 14.4 Å². The average Bonchev–Trinajstić information content (AvgIpc) is 2.80. The van der Waals surface area contributed by atoms with Crippen LogP contribution >= 0.6 is 0 Å². The molecule has 0 N–H and O–H groups in total. The van der Waals surface area contributed by atoms with Crippen molar-refractivity contribution in [1.29, 1.82) is 0 Å². The molecule has 3 aliphatic rings. The predicted octanol–water partition coefficient (Wildman–Crippen LogP) is -0.796. The lowest BCUT2D eigenvalue weighted by molar-refractivity contribution is -0.137. The zero-order valence-corrected chi connectivity index (χ0v) is 13.6. The molecule has 1 atom stereocenters. The van der Waals surface area contributed by atoms with Gasteiger partial charge in [0.2, 0.25) is 11.8 Å². The van der Waals surface area contributed by atoms with Crippen LogP contribution in [0.1, 0.15) is 12.8 Å². The minimum atomic E-state index is -0.268. The predicted molar refractivity (Wildman–Crippen MR) is 81.7 cm³/mol. The fraction of sp³-hybridized carbons (Fsp3) is 0.800. The average molecular weight is 324 g/mol. The molecular formula is C15H24N4O4. The van der Waals surface area contributed by atoms with Crippen LogP contribution in [0.3, 0.4) is 0 Å². The van der Waals surface area contributed by atoms with Crippen molar-refractivity contribution in [3.05, 3.63) is 0 Å². The number of fused-ring (bicyclic) bond motifs is 1. The Hall–Kier alpha value is -1.67. The van der Waals surface area contributed by atoms with Gasteiger partial charge in [0.1, 0.15) is 6.54 Å². The summed E-state index contributed by atoms with van der Waals surface area (Å²) in [6, 6.07) is 0.0345. The van der Waals surface area contributed by atoms with Gasteiger partial charge in [0.25, 0.3) is 0 Å². The molecule has 0 aromatic rings. The maximum atomic E-state index is 12.3. The number of amides is 4. The highest BCUT2D eigenvalue weighted by atomic mass is 16.5. The van der Waals surface area contributed by atoms with Gasteiger partial charge in [0.05, 0.1) is 19.3 Å². The van der Waals surface area contributed by atoms with Crippen molar-refractivity contribution in [3.63, 3.8) is 0 Å². The fourth-order valence-electron chi connectivity index (χ4n) is 3.41. The molecule has 3 aliphatic heterocycles. The van der Waals surface area contributed by atoms with Gasteiger partial charge in [-0.25, -0.2) is 4.79 Å². The van der Waals surface area contributed by atoms with Crippen LogP contribution in [-0.2, 0) is 14.3 Å². The zero-order chi connectivity index (χ0) is 16.4. The number of hydrogen-bond acceptors (Lipinski definition) is 5. The first-order valence-electron chi connectivity index (χ1n) is 8.21. The Kier molecular flexibility index (Phi) is 4.82. The van der Waals surface area contributed by atoms with Gasteiger partial charge in [-0.05, 0) is 6.42 Å². The van der Waals surface area contributed by atoms with E-state index in [1.807, 2.05) is 4.90 Å². The number of imide groups is 1. The van der Waals surface area contributed by atoms with E-state index in [2.05, 4.69) is 4.90 Å². The molecule has 3 heterocycles. The number of morpholine rings is 1. The summed E-state index contributed by atoms with van der Waals surface area (Å²) < 4.78 is 5.48. The van der Waals surface area contributed by atoms with E-state index in [4.69, 9.17) is 4.74 Å². The Labute approximate surface area is 135 Å². The quantitative estimate of drug-likeness (QED) is 0.633. The molecule has 0 bridgehead atoms. The molecular weight excluding hydrogens is 300 g/mol. The van der Waals surface area contributed by atoms with E-state index in [1.165, 1.54) is 9.80 Å². The van der Waals surface area contributed by atoms with E-state index in [1.54, 1.807) is 7.05 Å². The van der Waals surface area contributed by atoms with Gasteiger partial charge in [0, 0.05) is 46.2 Å². The molecule has 8 heteroatoms. The first kappa shape index (κ1) is 16.2. The highest BCUT2D eigenvalue weighted by Crippen LogP contribution is 2.15. The van der Waals surface area contributed by atoms with Crippen LogP contribution in [0.25, 0.3) is 0 Å². The maximum Gasteiger partial charge on any atom is 0.326 e. The summed E-state index contributed by atoms with van der Waals surface area (Å²) in [6.45, 7) is 5.22. The third-order valence-corrected chi connectivity index (χ3v) is 4.79. The molecule has 8 nitrogen and oxygen atoms in total. The normalized spacial score (nSPS) is 26.0. The smallest absolute Gasteiger partial charge is 0.326 e. The van der Waals surface area contributed by atoms with Crippen LogP contribution in [0.2, 0.25) is 0 Å². The van der Waals surface area contributed by atoms with Crippen molar-refractivity contribution in [2.75, 3.05) is 59.5 Å². The summed E-state index contributed by atoms with van der Waals surface area (Å²) in [4.78, 5) is 42.7. The molecule has 3 rings (SSSR count). The molecule has 128 valence electrons. The molecule has 4 amide bonds. The number of carbonyl (C=O) groups is 3. The molecule has 1 unspecified atom stereocenters. The lowest BCUT2D eigenvalue weighted by Crippen LogP contribution is -2.59. The van der Waals surface area contributed by atoms with Crippen LogP contribution in [0.15, 0.2) is 0 Å². The number of ether oxygens (including phenoxy) is 1. The highest BCUT2D eigenvalue weighted by molar-refractivity contribution is 6.01. The minimum absolute atomic E-state index is 0.0997. The molecule has 3 fully saturated rings. The van der Waals surface area contributed by atoms with E-state index in [-0.39, 0.29) is 24.4 Å². The summed E-state index contributed by atoms with van der Waals surface area (Å²) in [5.74, 6) is -0.0828. The van der Waals surface area contributed by atoms with Crippen molar-refractivity contribution in [1.82, 2.24) is 19.6 Å². The highest BCUT2D eigenvalue weighted by Gasteiger charge is 2.34. The summed E-state index contributed by atoms with van der Waals surface area (Å²) in [5.41, 5.74) is 0. The second-order valence-corrected chi connectivity index (χ2v) is 6.39. The third kappa shape index (κ3) is 3.48. The third-order valence-electron chi connectivity index (χ3n) is 4.79. The van der Waals surface area contributed by atoms with Crippen molar-refractivity contribution in [2.45, 2.75) is 18.9 Å². The van der Waals surface area contributed by atoms with Gasteiger partial charge in [-0.15, -0.1) is 0 Å². The number of nitrogens with zero attached hydrogens (tertiary/aromatic N) is 4. The van der Waals surface area contributed by atoms with E-state index < -0.39 is 0 Å². The topological polar surface area (TPSA) is 73.4 Å². The molecule has 0 spiro atoms. The summed E-state index contributed by atoms with van der Waals surface area (Å²) in [5, 5.41) is 0. The minimum Gasteiger partial charge on any atom is -0.378 e. The first-order valence-corrected chi connectivity index (χ1v) is 8.21. The van der Waals surface area contributed by atoms with Gasteiger partial charge >= 0.3 is 6.03 Å². The Morgan fingerprint density at radius 1 is 1.26 bits per heavy atom. The number of urea groups is 1. The first-order chi connectivity index (χ1) is 11.1. The van der Waals surface area contributed by atoms with Crippen LogP contribution in [0, 0.1) is 0 Å². The number of hydrogen-bond donors (Lipinski definition) is 0. The van der Waals surface area contributed by atoms with Crippen molar-refractivity contribution in [2.24, 2.45) is 0 Å². The Bertz CT molecular complexity index is 498. The van der Waals surface area contributed by atoms with Crippen molar-refractivity contribution >= 4 is 17.8 Å². The molecule has 0 saturated carbocycles. The summed E-state index contributed by atoms with van der Waals surface area (Å²) >= 11 is 0. The standard InChI is InChI=1S/C15H24N4O4/c1-16-10-14(21)19(15(16)22)4-2-3-13(20)18-6-5-17-7-8-23-11-12(17)9-18/h12H,2-11H2,1H3. The second kappa shape index (κ2) is 6.84. The van der Waals surface area contributed by atoms with Crippen molar-refractivity contribution < 1.29 is 19.1 Å². The number of likely N-dealkylation sites (N-methyl/N-ethyl adjacent to an activating group) is 1. The Morgan fingerprint density at radius 3 is 2.83 bits per heavy atom. The SMILES string of the molecule is CN1CC(=O)N(CCCC(=O)N2CCN3CCOCC3C2)C1=O. The van der Waals surface area contributed by atoms with Crippen LogP contribution in [-0.4, -0.2) is 103 Å². The van der Waals surface area contributed by atoms with Crippen molar-refractivity contribution in [3.8, 4) is 0 Å². The monoisotopic (exact) mass is 324 g/mol.